The first-order valence-electron chi connectivity index (χ1n) is 22.1. The molecule has 5 heteroatoms. The van der Waals surface area contributed by atoms with Gasteiger partial charge in [-0.25, -0.2) is 15.0 Å². The molecule has 13 rings (SSSR count). The Balaban J connectivity index is 0.959. The van der Waals surface area contributed by atoms with Crippen LogP contribution in [0, 0.1) is 0 Å². The van der Waals surface area contributed by atoms with Gasteiger partial charge in [0.2, 0.25) is 0 Å². The lowest BCUT2D eigenvalue weighted by molar-refractivity contribution is 0.660. The summed E-state index contributed by atoms with van der Waals surface area (Å²) in [5.74, 6) is 1.82. The van der Waals surface area contributed by atoms with Crippen molar-refractivity contribution in [3.63, 3.8) is 0 Å². The van der Waals surface area contributed by atoms with Crippen LogP contribution in [0.5, 0.6) is 0 Å². The van der Waals surface area contributed by atoms with Gasteiger partial charge in [0.05, 0.1) is 0 Å². The molecule has 0 saturated heterocycles. The number of furan rings is 1. The Labute approximate surface area is 380 Å². The van der Waals surface area contributed by atoms with Crippen LogP contribution < -0.4 is 0 Å². The molecule has 12 aromatic rings. The second-order valence-corrected chi connectivity index (χ2v) is 18.6. The molecule has 0 N–H and O–H groups in total. The summed E-state index contributed by atoms with van der Waals surface area (Å²) >= 11 is 1.81. The van der Waals surface area contributed by atoms with Gasteiger partial charge < -0.3 is 4.42 Å². The van der Waals surface area contributed by atoms with Crippen LogP contribution in [0.1, 0.15) is 25.0 Å². The van der Waals surface area contributed by atoms with Crippen molar-refractivity contribution in [2.24, 2.45) is 0 Å². The Hall–Kier alpha value is -7.99. The Morgan fingerprint density at radius 1 is 0.369 bits per heavy atom. The lowest BCUT2D eigenvalue weighted by Gasteiger charge is -2.21. The van der Waals surface area contributed by atoms with E-state index in [1.54, 1.807) is 11.3 Å². The zero-order valence-electron chi connectivity index (χ0n) is 35.7. The van der Waals surface area contributed by atoms with E-state index in [2.05, 4.69) is 196 Å². The molecule has 3 heterocycles. The number of aromatic nitrogens is 3. The summed E-state index contributed by atoms with van der Waals surface area (Å²) in [6, 6.07) is 71.4. The van der Waals surface area contributed by atoms with Crippen LogP contribution in [0.15, 0.2) is 205 Å². The fourth-order valence-electron chi connectivity index (χ4n) is 10.1. The van der Waals surface area contributed by atoms with Gasteiger partial charge in [-0.2, -0.15) is 0 Å². The third-order valence-corrected chi connectivity index (χ3v) is 14.5. The normalized spacial score (nSPS) is 12.9. The topological polar surface area (TPSA) is 51.8 Å². The maximum absolute atomic E-state index is 6.60. The molecule has 65 heavy (non-hydrogen) atoms. The smallest absolute Gasteiger partial charge is 0.164 e. The zero-order chi connectivity index (χ0) is 43.2. The summed E-state index contributed by atoms with van der Waals surface area (Å²) in [5, 5.41) is 4.42. The second-order valence-electron chi connectivity index (χ2n) is 17.5. The highest BCUT2D eigenvalue weighted by Gasteiger charge is 2.36. The lowest BCUT2D eigenvalue weighted by Crippen LogP contribution is -2.14. The van der Waals surface area contributed by atoms with Crippen LogP contribution in [0.25, 0.3) is 121 Å². The molecule has 0 radical (unpaired) electrons. The first-order valence-corrected chi connectivity index (χ1v) is 22.9. The average molecular weight is 850 g/mol. The van der Waals surface area contributed by atoms with Crippen molar-refractivity contribution in [1.29, 1.82) is 0 Å². The monoisotopic (exact) mass is 849 g/mol. The molecular formula is C60H39N3OS. The molecule has 3 aromatic heterocycles. The van der Waals surface area contributed by atoms with Gasteiger partial charge in [0.25, 0.3) is 0 Å². The van der Waals surface area contributed by atoms with E-state index in [1.165, 1.54) is 53.6 Å². The Kier molecular flexibility index (Phi) is 8.39. The van der Waals surface area contributed by atoms with Crippen molar-refractivity contribution in [2.45, 2.75) is 19.3 Å². The van der Waals surface area contributed by atoms with Crippen molar-refractivity contribution in [3.05, 3.63) is 211 Å². The molecule has 0 spiro atoms. The van der Waals surface area contributed by atoms with Gasteiger partial charge in [0.1, 0.15) is 11.2 Å². The molecule has 0 saturated carbocycles. The molecule has 0 unspecified atom stereocenters. The van der Waals surface area contributed by atoms with Crippen LogP contribution in [0.4, 0.5) is 0 Å². The number of rotatable bonds is 6. The van der Waals surface area contributed by atoms with E-state index in [0.717, 1.165) is 60.9 Å². The predicted molar refractivity (Wildman–Crippen MR) is 270 cm³/mol. The van der Waals surface area contributed by atoms with E-state index >= 15 is 0 Å². The predicted octanol–water partition coefficient (Wildman–Crippen LogP) is 16.4. The van der Waals surface area contributed by atoms with Crippen LogP contribution in [0.3, 0.4) is 0 Å². The first-order chi connectivity index (χ1) is 31.9. The van der Waals surface area contributed by atoms with Crippen LogP contribution in [-0.2, 0) is 5.41 Å². The minimum atomic E-state index is -0.0653. The van der Waals surface area contributed by atoms with Gasteiger partial charge in [-0.3, -0.25) is 0 Å². The van der Waals surface area contributed by atoms with Crippen molar-refractivity contribution >= 4 is 53.4 Å². The molecule has 4 nitrogen and oxygen atoms in total. The minimum Gasteiger partial charge on any atom is -0.456 e. The molecule has 0 aliphatic heterocycles. The molecule has 1 aliphatic rings. The Morgan fingerprint density at radius 3 is 1.85 bits per heavy atom. The maximum atomic E-state index is 6.60. The maximum Gasteiger partial charge on any atom is 0.164 e. The van der Waals surface area contributed by atoms with Crippen LogP contribution >= 0.6 is 11.3 Å². The summed E-state index contributed by atoms with van der Waals surface area (Å²) in [5.41, 5.74) is 16.7. The Bertz CT molecular complexity index is 3860. The van der Waals surface area contributed by atoms with Crippen molar-refractivity contribution in [3.8, 4) is 78.7 Å². The third-order valence-electron chi connectivity index (χ3n) is 13.4. The fourth-order valence-corrected chi connectivity index (χ4v) is 11.2. The van der Waals surface area contributed by atoms with Crippen molar-refractivity contribution in [2.75, 3.05) is 0 Å². The quantitative estimate of drug-likeness (QED) is 0.167. The number of fused-ring (bicyclic) bond motifs is 9. The van der Waals surface area contributed by atoms with Gasteiger partial charge in [-0.1, -0.05) is 166 Å². The SMILES string of the molecule is CC1(C)c2ccccc2-c2c(-c3cccc(-c4ccc5oc6cccc(-c7nc(-c8ccc(-c9ccccc9)cc8)nc(-c8ccc9sc%10ccccc%10c9c8)n7)c6c5c4)c3)cccc21. The van der Waals surface area contributed by atoms with Gasteiger partial charge in [0.15, 0.2) is 17.5 Å². The molecule has 0 fully saturated rings. The molecule has 0 bridgehead atoms. The molecular weight excluding hydrogens is 811 g/mol. The molecule has 1 aliphatic carbocycles. The van der Waals surface area contributed by atoms with E-state index in [0.29, 0.717) is 17.5 Å². The van der Waals surface area contributed by atoms with Crippen LogP contribution in [-0.4, -0.2) is 15.0 Å². The van der Waals surface area contributed by atoms with E-state index in [1.807, 2.05) is 18.2 Å². The average Bonchev–Trinajstić information content (AvgIpc) is 4.01. The van der Waals surface area contributed by atoms with Crippen LogP contribution in [0.2, 0.25) is 0 Å². The Morgan fingerprint density at radius 2 is 0.954 bits per heavy atom. The zero-order valence-corrected chi connectivity index (χ0v) is 36.5. The summed E-state index contributed by atoms with van der Waals surface area (Å²) in [6.07, 6.45) is 0. The van der Waals surface area contributed by atoms with Gasteiger partial charge >= 0.3 is 0 Å². The summed E-state index contributed by atoms with van der Waals surface area (Å²) in [4.78, 5) is 15.7. The lowest BCUT2D eigenvalue weighted by atomic mass is 9.82. The van der Waals surface area contributed by atoms with Crippen molar-refractivity contribution in [1.82, 2.24) is 15.0 Å². The second kappa shape index (κ2) is 14.5. The van der Waals surface area contributed by atoms with E-state index < -0.39 is 0 Å². The van der Waals surface area contributed by atoms with E-state index in [4.69, 9.17) is 19.4 Å². The third kappa shape index (κ3) is 6.07. The fraction of sp³-hybridized carbons (Fsp3) is 0.0500. The highest BCUT2D eigenvalue weighted by Crippen LogP contribution is 2.52. The molecule has 0 atom stereocenters. The number of hydrogen-bond donors (Lipinski definition) is 0. The highest BCUT2D eigenvalue weighted by atomic mass is 32.1. The molecule has 306 valence electrons. The van der Waals surface area contributed by atoms with Gasteiger partial charge in [-0.15, -0.1) is 11.3 Å². The van der Waals surface area contributed by atoms with Gasteiger partial charge in [0, 0.05) is 53.1 Å². The van der Waals surface area contributed by atoms with Crippen molar-refractivity contribution < 1.29 is 4.42 Å². The summed E-state index contributed by atoms with van der Waals surface area (Å²) in [6.45, 7) is 4.67. The number of hydrogen-bond acceptors (Lipinski definition) is 5. The summed E-state index contributed by atoms with van der Waals surface area (Å²) in [7, 11) is 0. The largest absolute Gasteiger partial charge is 0.456 e. The van der Waals surface area contributed by atoms with Gasteiger partial charge in [-0.05, 0) is 104 Å². The number of thiophene rings is 1. The minimum absolute atomic E-state index is 0.0653. The molecule has 9 aromatic carbocycles. The molecule has 0 amide bonds. The standard InChI is InChI=1S/C60H39N3OS/c1-60(2)49-21-8-6-18-45(49)55-43(19-11-22-50(55)60)41-16-10-15-39(33-41)40-29-31-51-48(34-40)56-46(20-12-23-52(56)64-51)59-62-57(38-27-25-37(26-28-38)36-13-4-3-5-14-36)61-58(63-59)42-30-32-54-47(35-42)44-17-7-9-24-53(44)65-54/h3-35H,1-2H3. The highest BCUT2D eigenvalue weighted by molar-refractivity contribution is 7.25. The van der Waals surface area contributed by atoms with E-state index in [9.17, 15) is 0 Å². The summed E-state index contributed by atoms with van der Waals surface area (Å²) < 4.78 is 9.09. The number of benzene rings is 9. The first kappa shape index (κ1) is 37.6. The number of nitrogens with zero attached hydrogens (tertiary/aromatic N) is 3. The van der Waals surface area contributed by atoms with E-state index in [-0.39, 0.29) is 5.41 Å².